The highest BCUT2D eigenvalue weighted by Gasteiger charge is 2.06. The first-order valence-corrected chi connectivity index (χ1v) is 7.28. The molecule has 0 amide bonds. The van der Waals surface area contributed by atoms with Gasteiger partial charge in [-0.25, -0.2) is 0 Å². The average Bonchev–Trinajstić information content (AvgIpc) is 2.99. The van der Waals surface area contributed by atoms with Crippen molar-refractivity contribution in [2.75, 3.05) is 25.6 Å². The van der Waals surface area contributed by atoms with E-state index in [1.807, 2.05) is 29.6 Å². The van der Waals surface area contributed by atoms with Crippen LogP contribution in [0.25, 0.3) is 0 Å². The van der Waals surface area contributed by atoms with Crippen molar-refractivity contribution in [3.8, 4) is 17.6 Å². The second kappa shape index (κ2) is 7.53. The molecule has 0 spiro atoms. The molecule has 2 aromatic rings. The Bertz CT molecular complexity index is 634. The molecule has 0 radical (unpaired) electrons. The van der Waals surface area contributed by atoms with Crippen molar-refractivity contribution in [1.29, 1.82) is 5.26 Å². The summed E-state index contributed by atoms with van der Waals surface area (Å²) in [6.07, 6.45) is 0. The van der Waals surface area contributed by atoms with Crippen molar-refractivity contribution >= 4 is 17.0 Å². The summed E-state index contributed by atoms with van der Waals surface area (Å²) < 4.78 is 10.6. The van der Waals surface area contributed by atoms with Crippen molar-refractivity contribution in [2.45, 2.75) is 6.54 Å². The number of methoxy groups -OCH3 is 1. The summed E-state index contributed by atoms with van der Waals surface area (Å²) in [5.74, 6) is 1.21. The van der Waals surface area contributed by atoms with E-state index in [1.54, 1.807) is 18.4 Å². The molecule has 1 heterocycles. The second-order valence-electron chi connectivity index (χ2n) is 4.20. The number of anilines is 1. The fourth-order valence-electron chi connectivity index (χ4n) is 1.78. The maximum atomic E-state index is 8.83. The Morgan fingerprint density at radius 1 is 1.33 bits per heavy atom. The zero-order valence-electron chi connectivity index (χ0n) is 11.6. The molecule has 5 nitrogen and oxygen atoms in total. The summed E-state index contributed by atoms with van der Waals surface area (Å²) in [4.78, 5) is 1.08. The van der Waals surface area contributed by atoms with Crippen molar-refractivity contribution in [2.24, 2.45) is 0 Å². The van der Waals surface area contributed by atoms with Crippen molar-refractivity contribution in [3.63, 3.8) is 0 Å². The first-order valence-electron chi connectivity index (χ1n) is 6.40. The molecule has 0 fully saturated rings. The van der Waals surface area contributed by atoms with Crippen LogP contribution in [0.15, 0.2) is 29.6 Å². The molecule has 0 saturated heterocycles. The van der Waals surface area contributed by atoms with E-state index >= 15 is 0 Å². The van der Waals surface area contributed by atoms with Crippen LogP contribution >= 0.6 is 11.3 Å². The van der Waals surface area contributed by atoms with Crippen LogP contribution in [-0.4, -0.2) is 25.4 Å². The number of nitrogens with zero attached hydrogens (tertiary/aromatic N) is 1. The van der Waals surface area contributed by atoms with Gasteiger partial charge in [-0.3, -0.25) is 0 Å². The number of hydrogen-bond donors (Lipinski definition) is 2. The van der Waals surface area contributed by atoms with Crippen LogP contribution < -0.4 is 14.8 Å². The lowest BCUT2D eigenvalue weighted by Crippen LogP contribution is -2.04. The summed E-state index contributed by atoms with van der Waals surface area (Å²) in [5.41, 5.74) is 1.56. The van der Waals surface area contributed by atoms with Gasteiger partial charge in [-0.15, -0.1) is 11.3 Å². The zero-order valence-corrected chi connectivity index (χ0v) is 12.4. The molecule has 0 saturated carbocycles. The van der Waals surface area contributed by atoms with E-state index in [0.717, 1.165) is 10.6 Å². The van der Waals surface area contributed by atoms with Crippen LogP contribution in [0.5, 0.6) is 11.5 Å². The molecular formula is C15H16N2O3S. The van der Waals surface area contributed by atoms with Crippen molar-refractivity contribution in [3.05, 3.63) is 40.1 Å². The fraction of sp³-hybridized carbons (Fsp3) is 0.267. The van der Waals surface area contributed by atoms with Gasteiger partial charge in [-0.2, -0.15) is 5.26 Å². The van der Waals surface area contributed by atoms with Gasteiger partial charge in [0.15, 0.2) is 11.5 Å². The Hall–Kier alpha value is -2.23. The van der Waals surface area contributed by atoms with Gasteiger partial charge in [0.25, 0.3) is 0 Å². The van der Waals surface area contributed by atoms with Gasteiger partial charge < -0.3 is 19.9 Å². The molecule has 21 heavy (non-hydrogen) atoms. The predicted octanol–water partition coefficient (Wildman–Crippen LogP) is 2.61. The number of aliphatic hydroxyl groups excluding tert-OH is 1. The molecule has 2 rings (SSSR count). The Labute approximate surface area is 127 Å². The van der Waals surface area contributed by atoms with Crippen molar-refractivity contribution < 1.29 is 14.6 Å². The molecule has 1 aromatic heterocycles. The highest BCUT2D eigenvalue weighted by molar-refractivity contribution is 7.10. The molecule has 1 aromatic carbocycles. The van der Waals surface area contributed by atoms with Crippen LogP contribution in [0, 0.1) is 11.3 Å². The van der Waals surface area contributed by atoms with Gasteiger partial charge in [0.05, 0.1) is 19.3 Å². The molecular weight excluding hydrogens is 288 g/mol. The molecule has 0 atom stereocenters. The summed E-state index contributed by atoms with van der Waals surface area (Å²) in [6, 6.07) is 9.51. The number of nitrogens with one attached hydrogen (secondary N) is 1. The van der Waals surface area contributed by atoms with E-state index in [-0.39, 0.29) is 13.2 Å². The lowest BCUT2D eigenvalue weighted by Gasteiger charge is -2.12. The molecule has 6 heteroatoms. The standard InChI is InChI=1S/C15H16N2O3S/c1-19-14-3-2-12(7-15(14)20-5-4-18)17-9-13-6-11(8-16)10-21-13/h2-3,6-7,10,17-18H,4-5,9H2,1H3. The van der Waals surface area contributed by atoms with Crippen LogP contribution in [0.3, 0.4) is 0 Å². The van der Waals surface area contributed by atoms with E-state index in [9.17, 15) is 0 Å². The van der Waals surface area contributed by atoms with Crippen LogP contribution in [0.4, 0.5) is 5.69 Å². The number of aliphatic hydroxyl groups is 1. The zero-order chi connectivity index (χ0) is 15.1. The first kappa shape index (κ1) is 15.2. The van der Waals surface area contributed by atoms with E-state index in [4.69, 9.17) is 19.8 Å². The van der Waals surface area contributed by atoms with Gasteiger partial charge in [0, 0.05) is 28.6 Å². The second-order valence-corrected chi connectivity index (χ2v) is 5.20. The minimum absolute atomic E-state index is 0.0487. The van der Waals surface area contributed by atoms with E-state index in [0.29, 0.717) is 23.6 Å². The van der Waals surface area contributed by atoms with Crippen LogP contribution in [0.2, 0.25) is 0 Å². The maximum absolute atomic E-state index is 8.83. The lowest BCUT2D eigenvalue weighted by atomic mass is 10.2. The minimum Gasteiger partial charge on any atom is -0.493 e. The van der Waals surface area contributed by atoms with Gasteiger partial charge >= 0.3 is 0 Å². The van der Waals surface area contributed by atoms with E-state index < -0.39 is 0 Å². The van der Waals surface area contributed by atoms with E-state index in [1.165, 1.54) is 0 Å². The number of ether oxygens (including phenoxy) is 2. The third kappa shape index (κ3) is 4.12. The maximum Gasteiger partial charge on any atom is 0.163 e. The van der Waals surface area contributed by atoms with Gasteiger partial charge in [0.1, 0.15) is 12.7 Å². The molecule has 0 bridgehead atoms. The predicted molar refractivity (Wildman–Crippen MR) is 81.9 cm³/mol. The number of thiophene rings is 1. The van der Waals surface area contributed by atoms with Crippen molar-refractivity contribution in [1.82, 2.24) is 0 Å². The Morgan fingerprint density at radius 2 is 2.19 bits per heavy atom. The minimum atomic E-state index is -0.0487. The summed E-state index contributed by atoms with van der Waals surface area (Å²) in [5, 5.41) is 22.7. The topological polar surface area (TPSA) is 74.5 Å². The van der Waals surface area contributed by atoms with E-state index in [2.05, 4.69) is 11.4 Å². The summed E-state index contributed by atoms with van der Waals surface area (Å²) in [7, 11) is 1.57. The normalized spacial score (nSPS) is 9.95. The smallest absolute Gasteiger partial charge is 0.163 e. The Kier molecular flexibility index (Phi) is 5.43. The van der Waals surface area contributed by atoms with Gasteiger partial charge in [-0.05, 0) is 18.2 Å². The molecule has 0 aliphatic rings. The van der Waals surface area contributed by atoms with Crippen LogP contribution in [-0.2, 0) is 6.54 Å². The van der Waals surface area contributed by atoms with Gasteiger partial charge in [0.2, 0.25) is 0 Å². The summed E-state index contributed by atoms with van der Waals surface area (Å²) >= 11 is 1.55. The first-order chi connectivity index (χ1) is 10.3. The number of hydrogen-bond acceptors (Lipinski definition) is 6. The molecule has 0 aliphatic heterocycles. The fourth-order valence-corrected chi connectivity index (χ4v) is 2.53. The SMILES string of the molecule is COc1ccc(NCc2cc(C#N)cs2)cc1OCCO. The number of nitriles is 1. The summed E-state index contributed by atoms with van der Waals surface area (Å²) in [6.45, 7) is 0.807. The highest BCUT2D eigenvalue weighted by atomic mass is 32.1. The molecule has 0 unspecified atom stereocenters. The lowest BCUT2D eigenvalue weighted by molar-refractivity contribution is 0.196. The molecule has 110 valence electrons. The monoisotopic (exact) mass is 304 g/mol. The third-order valence-corrected chi connectivity index (χ3v) is 3.70. The largest absolute Gasteiger partial charge is 0.493 e. The molecule has 2 N–H and O–H groups in total. The quantitative estimate of drug-likeness (QED) is 0.822. The van der Waals surface area contributed by atoms with Crippen LogP contribution in [0.1, 0.15) is 10.4 Å². The Morgan fingerprint density at radius 3 is 2.86 bits per heavy atom. The van der Waals surface area contributed by atoms with Gasteiger partial charge in [-0.1, -0.05) is 0 Å². The average molecular weight is 304 g/mol. The highest BCUT2D eigenvalue weighted by Crippen LogP contribution is 2.30. The third-order valence-electron chi connectivity index (χ3n) is 2.76. The molecule has 0 aliphatic carbocycles. The Balaban J connectivity index is 2.04. The number of rotatable bonds is 7. The number of benzene rings is 1.